The first-order chi connectivity index (χ1) is 15.9. The van der Waals surface area contributed by atoms with Crippen molar-refractivity contribution in [2.45, 2.75) is 19.1 Å². The average molecular weight is 462 g/mol. The molecule has 0 aliphatic carbocycles. The highest BCUT2D eigenvalue weighted by atomic mass is 35.5. The Bertz CT molecular complexity index is 1210. The second kappa shape index (κ2) is 8.21. The highest BCUT2D eigenvalue weighted by Gasteiger charge is 2.60. The molecule has 2 heterocycles. The lowest BCUT2D eigenvalue weighted by molar-refractivity contribution is -0.126. The number of carbonyl (C=O) groups excluding carboxylic acids is 2. The normalized spacial score (nSPS) is 22.1. The molecule has 33 heavy (non-hydrogen) atoms. The van der Waals surface area contributed by atoms with E-state index >= 15 is 0 Å². The van der Waals surface area contributed by atoms with Gasteiger partial charge < -0.3 is 4.90 Å². The molecule has 3 atom stereocenters. The standard InChI is InChI=1S/C26H24ClN3O3/c1-16-20(27)10-7-11-21(16)29-25(31)22-23(17-12-14-18(15-13-17)28(2)3)30(33-24(22)26(29)32)19-8-5-4-6-9-19/h4-15,22-24H,1-3H3/t22-,23-,24+/m1/s1. The Labute approximate surface area is 197 Å². The molecule has 2 amide bonds. The summed E-state index contributed by atoms with van der Waals surface area (Å²) in [6.45, 7) is 1.81. The van der Waals surface area contributed by atoms with Crippen molar-refractivity contribution in [3.63, 3.8) is 0 Å². The first-order valence-corrected chi connectivity index (χ1v) is 11.2. The van der Waals surface area contributed by atoms with E-state index in [0.717, 1.165) is 16.9 Å². The van der Waals surface area contributed by atoms with Crippen molar-refractivity contribution in [2.24, 2.45) is 5.92 Å². The molecule has 0 bridgehead atoms. The number of imide groups is 1. The Kier molecular flexibility index (Phi) is 5.35. The van der Waals surface area contributed by atoms with Gasteiger partial charge in [0.15, 0.2) is 6.10 Å². The van der Waals surface area contributed by atoms with E-state index in [4.69, 9.17) is 16.4 Å². The molecule has 2 aliphatic rings. The minimum atomic E-state index is -0.908. The predicted octanol–water partition coefficient (Wildman–Crippen LogP) is 4.77. The fourth-order valence-electron chi connectivity index (χ4n) is 4.60. The smallest absolute Gasteiger partial charge is 0.266 e. The minimum absolute atomic E-state index is 0.282. The summed E-state index contributed by atoms with van der Waals surface area (Å²) in [6.07, 6.45) is -0.908. The van der Waals surface area contributed by atoms with Gasteiger partial charge in [-0.05, 0) is 54.4 Å². The van der Waals surface area contributed by atoms with Crippen molar-refractivity contribution in [3.05, 3.63) is 88.9 Å². The monoisotopic (exact) mass is 461 g/mol. The summed E-state index contributed by atoms with van der Waals surface area (Å²) in [5, 5.41) is 2.21. The van der Waals surface area contributed by atoms with Gasteiger partial charge in [-0.2, -0.15) is 0 Å². The molecule has 3 aromatic carbocycles. The average Bonchev–Trinajstić information content (AvgIpc) is 3.33. The number of fused-ring (bicyclic) bond motifs is 1. The van der Waals surface area contributed by atoms with E-state index in [1.165, 1.54) is 4.90 Å². The highest BCUT2D eigenvalue weighted by Crippen LogP contribution is 2.48. The maximum absolute atomic E-state index is 13.7. The van der Waals surface area contributed by atoms with Crippen LogP contribution in [0, 0.1) is 12.8 Å². The third-order valence-electron chi connectivity index (χ3n) is 6.36. The first kappa shape index (κ1) is 21.5. The van der Waals surface area contributed by atoms with Crippen molar-refractivity contribution in [1.29, 1.82) is 0 Å². The van der Waals surface area contributed by atoms with Gasteiger partial charge in [0.2, 0.25) is 5.91 Å². The number of carbonyl (C=O) groups is 2. The van der Waals surface area contributed by atoms with Gasteiger partial charge >= 0.3 is 0 Å². The topological polar surface area (TPSA) is 53.1 Å². The number of benzene rings is 3. The summed E-state index contributed by atoms with van der Waals surface area (Å²) in [4.78, 5) is 36.7. The van der Waals surface area contributed by atoms with Crippen LogP contribution in [0.3, 0.4) is 0 Å². The van der Waals surface area contributed by atoms with Gasteiger partial charge in [-0.1, -0.05) is 48.0 Å². The molecule has 0 N–H and O–H groups in total. The molecular formula is C26H24ClN3O3. The van der Waals surface area contributed by atoms with Crippen LogP contribution in [0.25, 0.3) is 0 Å². The van der Waals surface area contributed by atoms with Gasteiger partial charge in [0, 0.05) is 24.8 Å². The molecule has 168 valence electrons. The number of hydroxylamine groups is 1. The van der Waals surface area contributed by atoms with Gasteiger partial charge in [0.25, 0.3) is 5.91 Å². The van der Waals surface area contributed by atoms with E-state index in [0.29, 0.717) is 16.3 Å². The Morgan fingerprint density at radius 1 is 0.879 bits per heavy atom. The van der Waals surface area contributed by atoms with Gasteiger partial charge in [-0.25, -0.2) is 9.96 Å². The van der Waals surface area contributed by atoms with Crippen LogP contribution in [-0.4, -0.2) is 32.0 Å². The van der Waals surface area contributed by atoms with Crippen LogP contribution in [0.5, 0.6) is 0 Å². The fraction of sp³-hybridized carbons (Fsp3) is 0.231. The lowest BCUT2D eigenvalue weighted by atomic mass is 9.90. The summed E-state index contributed by atoms with van der Waals surface area (Å²) in [7, 11) is 3.95. The number of amides is 2. The number of hydrogen-bond acceptors (Lipinski definition) is 5. The van der Waals surface area contributed by atoms with Crippen molar-refractivity contribution in [2.75, 3.05) is 29.0 Å². The molecule has 0 spiro atoms. The molecule has 2 saturated heterocycles. The molecule has 3 aromatic rings. The number of para-hydroxylation sites is 1. The lowest BCUT2D eigenvalue weighted by Crippen LogP contribution is -2.37. The number of halogens is 1. The largest absolute Gasteiger partial charge is 0.378 e. The molecule has 5 rings (SSSR count). The summed E-state index contributed by atoms with van der Waals surface area (Å²) < 4.78 is 0. The Balaban J connectivity index is 1.59. The Morgan fingerprint density at radius 2 is 1.58 bits per heavy atom. The molecule has 0 radical (unpaired) electrons. The first-order valence-electron chi connectivity index (χ1n) is 10.8. The zero-order valence-electron chi connectivity index (χ0n) is 18.6. The lowest BCUT2D eigenvalue weighted by Gasteiger charge is -2.29. The van der Waals surface area contributed by atoms with Gasteiger partial charge in [-0.3, -0.25) is 14.4 Å². The third-order valence-corrected chi connectivity index (χ3v) is 6.77. The summed E-state index contributed by atoms with van der Waals surface area (Å²) in [5.41, 5.74) is 3.93. The molecule has 7 heteroatoms. The molecular weight excluding hydrogens is 438 g/mol. The minimum Gasteiger partial charge on any atom is -0.378 e. The molecule has 0 saturated carbocycles. The van der Waals surface area contributed by atoms with E-state index < -0.39 is 18.1 Å². The summed E-state index contributed by atoms with van der Waals surface area (Å²) >= 11 is 6.28. The quantitative estimate of drug-likeness (QED) is 0.524. The van der Waals surface area contributed by atoms with Crippen molar-refractivity contribution in [1.82, 2.24) is 0 Å². The second-order valence-corrected chi connectivity index (χ2v) is 8.95. The van der Waals surface area contributed by atoms with Crippen LogP contribution < -0.4 is 14.9 Å². The zero-order chi connectivity index (χ0) is 23.3. The van der Waals surface area contributed by atoms with Crippen LogP contribution in [-0.2, 0) is 14.4 Å². The number of nitrogens with zero attached hydrogens (tertiary/aromatic N) is 3. The van der Waals surface area contributed by atoms with Gasteiger partial charge in [0.1, 0.15) is 5.92 Å². The summed E-state index contributed by atoms with van der Waals surface area (Å²) in [6, 6.07) is 22.3. The van der Waals surface area contributed by atoms with E-state index in [-0.39, 0.29) is 11.8 Å². The third kappa shape index (κ3) is 3.46. The number of hydrogen-bond donors (Lipinski definition) is 0. The molecule has 6 nitrogen and oxygen atoms in total. The van der Waals surface area contributed by atoms with E-state index in [1.54, 1.807) is 30.2 Å². The Hall–Kier alpha value is -3.35. The zero-order valence-corrected chi connectivity index (χ0v) is 19.4. The van der Waals surface area contributed by atoms with E-state index in [9.17, 15) is 9.59 Å². The van der Waals surface area contributed by atoms with Crippen molar-refractivity contribution >= 4 is 40.5 Å². The van der Waals surface area contributed by atoms with Crippen molar-refractivity contribution < 1.29 is 14.4 Å². The second-order valence-electron chi connectivity index (χ2n) is 8.54. The van der Waals surface area contributed by atoms with Gasteiger partial charge in [-0.15, -0.1) is 0 Å². The highest BCUT2D eigenvalue weighted by molar-refractivity contribution is 6.32. The Morgan fingerprint density at radius 3 is 2.24 bits per heavy atom. The summed E-state index contributed by atoms with van der Waals surface area (Å²) in [5.74, 6) is -1.33. The van der Waals surface area contributed by atoms with Crippen LogP contribution in [0.4, 0.5) is 17.1 Å². The molecule has 2 fully saturated rings. The van der Waals surface area contributed by atoms with Gasteiger partial charge in [0.05, 0.1) is 17.4 Å². The predicted molar refractivity (Wildman–Crippen MR) is 129 cm³/mol. The maximum atomic E-state index is 13.7. The molecule has 0 unspecified atom stereocenters. The SMILES string of the molecule is Cc1c(Cl)cccc1N1C(=O)[C@H]2[C@H](ON(c3ccccc3)[C@@H]2c2ccc(N(C)C)cc2)C1=O. The molecule has 2 aliphatic heterocycles. The molecule has 0 aromatic heterocycles. The number of rotatable bonds is 4. The fourth-order valence-corrected chi connectivity index (χ4v) is 4.77. The van der Waals surface area contributed by atoms with Crippen LogP contribution >= 0.6 is 11.6 Å². The van der Waals surface area contributed by atoms with Crippen molar-refractivity contribution in [3.8, 4) is 0 Å². The maximum Gasteiger partial charge on any atom is 0.266 e. The van der Waals surface area contributed by atoms with Crippen LogP contribution in [0.1, 0.15) is 17.2 Å². The van der Waals surface area contributed by atoms with E-state index in [1.807, 2.05) is 73.6 Å². The van der Waals surface area contributed by atoms with E-state index in [2.05, 4.69) is 0 Å². The number of anilines is 3. The van der Waals surface area contributed by atoms with Crippen LogP contribution in [0.15, 0.2) is 72.8 Å². The van der Waals surface area contributed by atoms with Crippen LogP contribution in [0.2, 0.25) is 5.02 Å².